The maximum absolute atomic E-state index is 13.5. The van der Waals surface area contributed by atoms with Crippen molar-refractivity contribution in [3.8, 4) is 0 Å². The van der Waals surface area contributed by atoms with Crippen LogP contribution in [-0.4, -0.2) is 123 Å². The summed E-state index contributed by atoms with van der Waals surface area (Å²) in [6.07, 6.45) is 4.67. The van der Waals surface area contributed by atoms with Crippen molar-refractivity contribution in [1.29, 1.82) is 0 Å². The van der Waals surface area contributed by atoms with Crippen molar-refractivity contribution in [2.45, 2.75) is 50.3 Å². The molecule has 0 aliphatic heterocycles. The van der Waals surface area contributed by atoms with Gasteiger partial charge in [-0.3, -0.25) is 8.37 Å². The van der Waals surface area contributed by atoms with E-state index in [1.165, 1.54) is 24.3 Å². The summed E-state index contributed by atoms with van der Waals surface area (Å²) in [4.78, 5) is 31.7. The standard InChI is InChI=1S/C48H62N14O6S2/c1-7-61(8-2)31-17-29-49-43-55-45(51-37-19-13-11-14-20-37)59-47(57-43)53-39-27-25-35(41(33-39)69(63,64)67-5)23-24-36-26-28-40(34-42(36)70(65,66)68-6)54-48-58-44(50-30-18-32-62(9-3)10-4)56-46(60-48)52-38-21-15-12-16-22-38/h11-16,19-28,33-34H,7-10,17-18,29-32H2,1-6H3,(H3,49,51,53,55,57,59)(H3,50,52,54,56,58,60). The summed E-state index contributed by atoms with van der Waals surface area (Å²) in [6, 6.07) is 28.0. The molecule has 0 atom stereocenters. The third-order valence-corrected chi connectivity index (χ3v) is 13.6. The molecule has 22 heteroatoms. The lowest BCUT2D eigenvalue weighted by molar-refractivity contribution is 0.303. The van der Waals surface area contributed by atoms with Crippen LogP contribution in [0.4, 0.5) is 58.4 Å². The van der Waals surface area contributed by atoms with Crippen molar-refractivity contribution >= 4 is 90.8 Å². The van der Waals surface area contributed by atoms with Crippen molar-refractivity contribution < 1.29 is 25.2 Å². The molecule has 70 heavy (non-hydrogen) atoms. The molecule has 6 rings (SSSR count). The number of hydrogen-bond donors (Lipinski definition) is 6. The number of anilines is 10. The predicted octanol–water partition coefficient (Wildman–Crippen LogP) is 8.16. The van der Waals surface area contributed by atoms with Crippen molar-refractivity contribution in [3.05, 3.63) is 108 Å². The summed E-state index contributed by atoms with van der Waals surface area (Å²) in [7, 11) is -6.51. The number of rotatable bonds is 28. The highest BCUT2D eigenvalue weighted by molar-refractivity contribution is 7.87. The van der Waals surface area contributed by atoms with E-state index in [-0.39, 0.29) is 44.7 Å². The van der Waals surface area contributed by atoms with Gasteiger partial charge in [0.25, 0.3) is 20.2 Å². The van der Waals surface area contributed by atoms with E-state index in [1.807, 2.05) is 60.7 Å². The number of aromatic nitrogens is 6. The first kappa shape index (κ1) is 52.5. The molecule has 6 N–H and O–H groups in total. The van der Waals surface area contributed by atoms with Gasteiger partial charge in [0, 0.05) is 35.8 Å². The molecule has 0 amide bonds. The average molecular weight is 995 g/mol. The fourth-order valence-electron chi connectivity index (χ4n) is 7.07. The van der Waals surface area contributed by atoms with E-state index in [1.54, 1.807) is 24.3 Å². The Morgan fingerprint density at radius 3 is 1.11 bits per heavy atom. The Balaban J connectivity index is 1.27. The van der Waals surface area contributed by atoms with Gasteiger partial charge in [-0.2, -0.15) is 46.7 Å². The molecule has 0 aliphatic carbocycles. The third kappa shape index (κ3) is 15.3. The molecular formula is C48H62N14O6S2. The first-order chi connectivity index (χ1) is 33.8. The average Bonchev–Trinajstić information content (AvgIpc) is 3.36. The van der Waals surface area contributed by atoms with Gasteiger partial charge in [0.1, 0.15) is 9.79 Å². The minimum atomic E-state index is -4.31. The molecule has 0 saturated carbocycles. The Hall–Kier alpha value is -6.82. The first-order valence-corrected chi connectivity index (χ1v) is 25.9. The molecule has 0 saturated heterocycles. The Kier molecular flexibility index (Phi) is 19.3. The highest BCUT2D eigenvalue weighted by Gasteiger charge is 2.21. The number of nitrogens with one attached hydrogen (secondary N) is 6. The van der Waals surface area contributed by atoms with Crippen LogP contribution < -0.4 is 31.9 Å². The van der Waals surface area contributed by atoms with Gasteiger partial charge in [0.2, 0.25) is 35.7 Å². The van der Waals surface area contributed by atoms with Gasteiger partial charge in [-0.15, -0.1) is 0 Å². The van der Waals surface area contributed by atoms with E-state index in [2.05, 4.69) is 99.3 Å². The highest BCUT2D eigenvalue weighted by Crippen LogP contribution is 2.30. The lowest BCUT2D eigenvalue weighted by Gasteiger charge is -2.18. The molecule has 372 valence electrons. The monoisotopic (exact) mass is 994 g/mol. The molecule has 0 radical (unpaired) electrons. The molecule has 2 aromatic heterocycles. The van der Waals surface area contributed by atoms with Gasteiger partial charge in [-0.05, 0) is 112 Å². The van der Waals surface area contributed by atoms with Crippen LogP contribution in [0.1, 0.15) is 51.7 Å². The van der Waals surface area contributed by atoms with Gasteiger partial charge in [0.15, 0.2) is 0 Å². The maximum atomic E-state index is 13.5. The molecule has 6 aromatic rings. The van der Waals surface area contributed by atoms with Crippen LogP contribution in [0.2, 0.25) is 0 Å². The highest BCUT2D eigenvalue weighted by atomic mass is 32.2. The number of hydrogen-bond acceptors (Lipinski definition) is 20. The van der Waals surface area contributed by atoms with Crippen LogP contribution in [0.25, 0.3) is 12.2 Å². The van der Waals surface area contributed by atoms with Gasteiger partial charge in [0.05, 0.1) is 14.2 Å². The first-order valence-electron chi connectivity index (χ1n) is 23.0. The Morgan fingerprint density at radius 1 is 0.457 bits per heavy atom. The summed E-state index contributed by atoms with van der Waals surface area (Å²) >= 11 is 0. The van der Waals surface area contributed by atoms with Crippen molar-refractivity contribution in [2.75, 3.05) is 98.5 Å². The zero-order valence-electron chi connectivity index (χ0n) is 40.3. The van der Waals surface area contributed by atoms with Crippen LogP contribution in [0, 0.1) is 0 Å². The lowest BCUT2D eigenvalue weighted by Crippen LogP contribution is -2.25. The Morgan fingerprint density at radius 2 is 0.786 bits per heavy atom. The van der Waals surface area contributed by atoms with E-state index in [4.69, 9.17) is 8.37 Å². The van der Waals surface area contributed by atoms with E-state index in [0.29, 0.717) is 36.4 Å². The molecule has 0 spiro atoms. The minimum Gasteiger partial charge on any atom is -0.354 e. The predicted molar refractivity (Wildman–Crippen MR) is 278 cm³/mol. The Bertz CT molecular complexity index is 2680. The van der Waals surface area contributed by atoms with Crippen LogP contribution in [0.5, 0.6) is 0 Å². The van der Waals surface area contributed by atoms with Gasteiger partial charge in [-0.1, -0.05) is 88.4 Å². The SMILES string of the molecule is CCN(CC)CCCNc1nc(Nc2ccccc2)nc(Nc2ccc(C=Cc3ccc(Nc4nc(NCCCN(CC)CC)nc(Nc5ccccc5)n4)cc3S(=O)(=O)OC)c(S(=O)(=O)OC)c2)n1. The fraction of sp³-hybridized carbons (Fsp3) is 0.333. The van der Waals surface area contributed by atoms with Gasteiger partial charge in [-0.25, -0.2) is 0 Å². The summed E-state index contributed by atoms with van der Waals surface area (Å²) in [6.45, 7) is 15.3. The van der Waals surface area contributed by atoms with Crippen LogP contribution >= 0.6 is 0 Å². The van der Waals surface area contributed by atoms with Crippen molar-refractivity contribution in [2.24, 2.45) is 0 Å². The molecule has 0 aliphatic rings. The van der Waals surface area contributed by atoms with Crippen LogP contribution in [-0.2, 0) is 28.6 Å². The second-order valence-electron chi connectivity index (χ2n) is 15.5. The summed E-state index contributed by atoms with van der Waals surface area (Å²) in [5.74, 6) is 1.45. The van der Waals surface area contributed by atoms with E-state index in [0.717, 1.165) is 77.7 Å². The summed E-state index contributed by atoms with van der Waals surface area (Å²) < 4.78 is 63.8. The summed E-state index contributed by atoms with van der Waals surface area (Å²) in [5.41, 5.74) is 2.58. The van der Waals surface area contributed by atoms with E-state index >= 15 is 0 Å². The number of nitrogens with zero attached hydrogens (tertiary/aromatic N) is 8. The topological polar surface area (TPSA) is 243 Å². The lowest BCUT2D eigenvalue weighted by atomic mass is 10.1. The third-order valence-electron chi connectivity index (χ3n) is 10.9. The molecule has 0 fully saturated rings. The quantitative estimate of drug-likeness (QED) is 0.0154. The second kappa shape index (κ2) is 25.7. The molecule has 20 nitrogen and oxygen atoms in total. The normalized spacial score (nSPS) is 11.8. The zero-order valence-corrected chi connectivity index (χ0v) is 41.9. The largest absolute Gasteiger partial charge is 0.354 e. The molecular weight excluding hydrogens is 933 g/mol. The second-order valence-corrected chi connectivity index (χ2v) is 18.9. The van der Waals surface area contributed by atoms with Gasteiger partial charge < -0.3 is 41.7 Å². The van der Waals surface area contributed by atoms with Crippen LogP contribution in [0.15, 0.2) is 107 Å². The van der Waals surface area contributed by atoms with E-state index < -0.39 is 20.2 Å². The maximum Gasteiger partial charge on any atom is 0.297 e. The number of para-hydroxylation sites is 2. The molecule has 0 bridgehead atoms. The van der Waals surface area contributed by atoms with Crippen molar-refractivity contribution in [1.82, 2.24) is 39.7 Å². The fourth-order valence-corrected chi connectivity index (χ4v) is 8.82. The van der Waals surface area contributed by atoms with Crippen molar-refractivity contribution in [3.63, 3.8) is 0 Å². The molecule has 4 aromatic carbocycles. The van der Waals surface area contributed by atoms with Gasteiger partial charge >= 0.3 is 0 Å². The molecule has 2 heterocycles. The van der Waals surface area contributed by atoms with E-state index in [9.17, 15) is 16.8 Å². The number of benzene rings is 4. The van der Waals surface area contributed by atoms with Crippen LogP contribution in [0.3, 0.4) is 0 Å². The zero-order chi connectivity index (χ0) is 49.9. The minimum absolute atomic E-state index is 0.144. The Labute approximate surface area is 411 Å². The molecule has 0 unspecified atom stereocenters. The smallest absolute Gasteiger partial charge is 0.297 e. The summed E-state index contributed by atoms with van der Waals surface area (Å²) in [5, 5.41) is 19.2.